The largest absolute Gasteiger partial charge is 0.302 e. The quantitative estimate of drug-likeness (QED) is 0.792. The smallest absolute Gasteiger partial charge is 0.226 e. The van der Waals surface area contributed by atoms with Crippen LogP contribution in [0.25, 0.3) is 10.2 Å². The Kier molecular flexibility index (Phi) is 5.19. The number of aryl methyl sites for hydroxylation is 1. The molecule has 1 N–H and O–H groups in total. The SMILES string of the molecule is CCc1cc(Br)cc2sc(NC(=O)CCCCl)nc12. The third-order valence-electron chi connectivity index (χ3n) is 2.70. The molecule has 0 aliphatic heterocycles. The monoisotopic (exact) mass is 360 g/mol. The van der Waals surface area contributed by atoms with Gasteiger partial charge >= 0.3 is 0 Å². The predicted octanol–water partition coefficient (Wildman–Crippen LogP) is 4.58. The molecule has 0 fully saturated rings. The summed E-state index contributed by atoms with van der Waals surface area (Å²) in [5.74, 6) is 0.469. The average molecular weight is 362 g/mol. The second-order valence-electron chi connectivity index (χ2n) is 4.12. The van der Waals surface area contributed by atoms with E-state index < -0.39 is 0 Å². The number of hydrogen-bond acceptors (Lipinski definition) is 3. The molecule has 19 heavy (non-hydrogen) atoms. The van der Waals surface area contributed by atoms with Crippen molar-refractivity contribution in [2.24, 2.45) is 0 Å². The molecular weight excluding hydrogens is 348 g/mol. The summed E-state index contributed by atoms with van der Waals surface area (Å²) < 4.78 is 2.12. The van der Waals surface area contributed by atoms with Crippen molar-refractivity contribution in [1.29, 1.82) is 0 Å². The van der Waals surface area contributed by atoms with Crippen LogP contribution in [0, 0.1) is 0 Å². The van der Waals surface area contributed by atoms with Crippen LogP contribution in [-0.2, 0) is 11.2 Å². The van der Waals surface area contributed by atoms with Crippen LogP contribution in [0.1, 0.15) is 25.3 Å². The van der Waals surface area contributed by atoms with Crippen LogP contribution >= 0.6 is 38.9 Å². The van der Waals surface area contributed by atoms with Crippen LogP contribution in [0.3, 0.4) is 0 Å². The number of amides is 1. The number of carbonyl (C=O) groups excluding carboxylic acids is 1. The Morgan fingerprint density at radius 1 is 1.53 bits per heavy atom. The molecule has 0 saturated carbocycles. The maximum atomic E-state index is 11.7. The lowest BCUT2D eigenvalue weighted by atomic mass is 10.1. The summed E-state index contributed by atoms with van der Waals surface area (Å²) in [7, 11) is 0. The standard InChI is InChI=1S/C13H14BrClN2OS/c1-2-8-6-9(14)7-10-12(8)17-13(19-10)16-11(18)4-3-5-15/h6-7H,2-5H2,1H3,(H,16,17,18). The Morgan fingerprint density at radius 2 is 2.32 bits per heavy atom. The minimum atomic E-state index is -0.0307. The number of nitrogens with zero attached hydrogens (tertiary/aromatic N) is 1. The molecule has 2 aromatic rings. The van der Waals surface area contributed by atoms with Gasteiger partial charge in [-0.25, -0.2) is 4.98 Å². The van der Waals surface area contributed by atoms with E-state index in [4.69, 9.17) is 11.6 Å². The zero-order chi connectivity index (χ0) is 13.8. The number of hydrogen-bond donors (Lipinski definition) is 1. The molecule has 0 atom stereocenters. The molecule has 0 spiro atoms. The van der Waals surface area contributed by atoms with Gasteiger partial charge in [0.1, 0.15) is 0 Å². The van der Waals surface area contributed by atoms with Gasteiger partial charge in [-0.3, -0.25) is 4.79 Å². The van der Waals surface area contributed by atoms with Crippen molar-refractivity contribution in [3.05, 3.63) is 22.2 Å². The van der Waals surface area contributed by atoms with Crippen molar-refractivity contribution in [3.8, 4) is 0 Å². The summed E-state index contributed by atoms with van der Waals surface area (Å²) >= 11 is 10.6. The summed E-state index contributed by atoms with van der Waals surface area (Å²) in [6.07, 6.45) is 2.03. The predicted molar refractivity (Wildman–Crippen MR) is 85.3 cm³/mol. The summed E-state index contributed by atoms with van der Waals surface area (Å²) in [6, 6.07) is 4.10. The molecule has 1 aromatic heterocycles. The third kappa shape index (κ3) is 3.68. The molecule has 1 heterocycles. The lowest BCUT2D eigenvalue weighted by molar-refractivity contribution is -0.116. The Bertz CT molecular complexity index is 600. The summed E-state index contributed by atoms with van der Waals surface area (Å²) in [4.78, 5) is 16.2. The van der Waals surface area contributed by atoms with Crippen LogP contribution in [-0.4, -0.2) is 16.8 Å². The normalized spacial score (nSPS) is 10.9. The molecule has 0 aliphatic rings. The van der Waals surface area contributed by atoms with Gasteiger partial charge in [-0.15, -0.1) is 11.6 Å². The van der Waals surface area contributed by atoms with Crippen molar-refractivity contribution in [2.45, 2.75) is 26.2 Å². The molecular formula is C13H14BrClN2OS. The summed E-state index contributed by atoms with van der Waals surface area (Å²) in [6.45, 7) is 2.10. The van der Waals surface area contributed by atoms with Crippen molar-refractivity contribution < 1.29 is 4.79 Å². The van der Waals surface area contributed by atoms with Crippen molar-refractivity contribution in [1.82, 2.24) is 4.98 Å². The van der Waals surface area contributed by atoms with E-state index in [1.807, 2.05) is 6.07 Å². The number of nitrogens with one attached hydrogen (secondary N) is 1. The Labute approximate surface area is 129 Å². The molecule has 0 unspecified atom stereocenters. The zero-order valence-corrected chi connectivity index (χ0v) is 13.7. The van der Waals surface area contributed by atoms with Gasteiger partial charge < -0.3 is 5.32 Å². The van der Waals surface area contributed by atoms with Gasteiger partial charge in [0.25, 0.3) is 0 Å². The van der Waals surface area contributed by atoms with Gasteiger partial charge in [-0.2, -0.15) is 0 Å². The van der Waals surface area contributed by atoms with Crippen LogP contribution in [0.5, 0.6) is 0 Å². The number of fused-ring (bicyclic) bond motifs is 1. The maximum absolute atomic E-state index is 11.7. The first-order chi connectivity index (χ1) is 9.13. The lowest BCUT2D eigenvalue weighted by Crippen LogP contribution is -2.10. The molecule has 1 aromatic carbocycles. The topological polar surface area (TPSA) is 42.0 Å². The van der Waals surface area contributed by atoms with Crippen LogP contribution in [0.15, 0.2) is 16.6 Å². The van der Waals surface area contributed by atoms with Crippen molar-refractivity contribution in [3.63, 3.8) is 0 Å². The van der Waals surface area contributed by atoms with Gasteiger partial charge in [0, 0.05) is 16.8 Å². The molecule has 6 heteroatoms. The Balaban J connectivity index is 2.24. The molecule has 0 saturated heterocycles. The number of carbonyl (C=O) groups is 1. The number of rotatable bonds is 5. The molecule has 3 nitrogen and oxygen atoms in total. The minimum Gasteiger partial charge on any atom is -0.302 e. The van der Waals surface area contributed by atoms with E-state index in [-0.39, 0.29) is 5.91 Å². The Hall–Kier alpha value is -0.650. The van der Waals surface area contributed by atoms with Gasteiger partial charge in [0.15, 0.2) is 5.13 Å². The second-order valence-corrected chi connectivity index (χ2v) is 6.45. The first-order valence-corrected chi connectivity index (χ1v) is 8.23. The Morgan fingerprint density at radius 3 is 3.00 bits per heavy atom. The molecule has 1 amide bonds. The average Bonchev–Trinajstić information content (AvgIpc) is 2.77. The van der Waals surface area contributed by atoms with Gasteiger partial charge in [0.05, 0.1) is 10.2 Å². The highest BCUT2D eigenvalue weighted by molar-refractivity contribution is 9.10. The molecule has 2 rings (SSSR count). The summed E-state index contributed by atoms with van der Waals surface area (Å²) in [5.41, 5.74) is 2.16. The fourth-order valence-corrected chi connectivity index (χ4v) is 3.55. The van der Waals surface area contributed by atoms with E-state index in [1.54, 1.807) is 0 Å². The summed E-state index contributed by atoms with van der Waals surface area (Å²) in [5, 5.41) is 3.49. The van der Waals surface area contributed by atoms with Crippen LogP contribution in [0.2, 0.25) is 0 Å². The highest BCUT2D eigenvalue weighted by Crippen LogP contribution is 2.31. The third-order valence-corrected chi connectivity index (χ3v) is 4.35. The number of aromatic nitrogens is 1. The highest BCUT2D eigenvalue weighted by atomic mass is 79.9. The van der Waals surface area contributed by atoms with E-state index in [0.29, 0.717) is 23.9 Å². The fraction of sp³-hybridized carbons (Fsp3) is 0.385. The van der Waals surface area contributed by atoms with Crippen LogP contribution < -0.4 is 5.32 Å². The highest BCUT2D eigenvalue weighted by Gasteiger charge is 2.11. The van der Waals surface area contributed by atoms with Gasteiger partial charge in [-0.1, -0.05) is 34.2 Å². The number of benzene rings is 1. The van der Waals surface area contributed by atoms with Crippen molar-refractivity contribution >= 4 is 60.1 Å². The number of alkyl halides is 1. The number of anilines is 1. The van der Waals surface area contributed by atoms with Gasteiger partial charge in [0.2, 0.25) is 5.91 Å². The van der Waals surface area contributed by atoms with E-state index in [1.165, 1.54) is 16.9 Å². The second kappa shape index (κ2) is 6.68. The maximum Gasteiger partial charge on any atom is 0.226 e. The first-order valence-electron chi connectivity index (χ1n) is 6.08. The van der Waals surface area contributed by atoms with E-state index in [0.717, 1.165) is 21.1 Å². The number of thiazole rings is 1. The number of halogens is 2. The minimum absolute atomic E-state index is 0.0307. The van der Waals surface area contributed by atoms with Gasteiger partial charge in [-0.05, 0) is 30.5 Å². The zero-order valence-electron chi connectivity index (χ0n) is 10.5. The van der Waals surface area contributed by atoms with Crippen molar-refractivity contribution in [2.75, 3.05) is 11.2 Å². The van der Waals surface area contributed by atoms with E-state index >= 15 is 0 Å². The fourth-order valence-electron chi connectivity index (χ4n) is 1.79. The van der Waals surface area contributed by atoms with Crippen LogP contribution in [0.4, 0.5) is 5.13 Å². The first kappa shape index (κ1) is 14.8. The van der Waals surface area contributed by atoms with E-state index in [2.05, 4.69) is 39.2 Å². The molecule has 0 aliphatic carbocycles. The lowest BCUT2D eigenvalue weighted by Gasteiger charge is -1.99. The molecule has 102 valence electrons. The molecule has 0 radical (unpaired) electrons. The van der Waals surface area contributed by atoms with E-state index in [9.17, 15) is 4.79 Å². The molecule has 0 bridgehead atoms.